The summed E-state index contributed by atoms with van der Waals surface area (Å²) in [4.78, 5) is 22.6. The van der Waals surface area contributed by atoms with Crippen LogP contribution in [0, 0.1) is 30.1 Å². The quantitative estimate of drug-likeness (QED) is 0.450. The molecule has 0 spiro atoms. The van der Waals surface area contributed by atoms with Crippen molar-refractivity contribution in [1.29, 1.82) is 5.26 Å². The highest BCUT2D eigenvalue weighted by Gasteiger charge is 2.54. The number of amides is 1. The first-order valence-corrected chi connectivity index (χ1v) is 11.9. The Bertz CT molecular complexity index is 1540. The number of nitriles is 1. The van der Waals surface area contributed by atoms with Crippen molar-refractivity contribution in [3.05, 3.63) is 65.6 Å². The molecule has 8 heteroatoms. The number of aromatic nitrogens is 2. The molecule has 1 aliphatic heterocycles. The standard InChI is InChI=1S/C28H25N5O3/c1-15-8-24(28(34)33(2)3)31-12-19(15)25-10-23-27(36-25)18(6-7-30-23)16-4-5-22(17(9-16)11-29)32-26-20-13-35-14-21(20)26/h4-10,12,20-21,26,32H,13-14H2,1-3H3. The monoisotopic (exact) mass is 479 g/mol. The number of anilines is 1. The molecule has 4 heterocycles. The van der Waals surface area contributed by atoms with Crippen molar-refractivity contribution in [3.63, 3.8) is 0 Å². The number of aryl methyl sites for hydroxylation is 1. The summed E-state index contributed by atoms with van der Waals surface area (Å²) in [5.74, 6) is 1.57. The number of nitrogens with one attached hydrogen (secondary N) is 1. The third-order valence-electron chi connectivity index (χ3n) is 7.14. The summed E-state index contributed by atoms with van der Waals surface area (Å²) < 4.78 is 11.8. The molecule has 1 amide bonds. The molecule has 0 radical (unpaired) electrons. The largest absolute Gasteiger partial charge is 0.454 e. The van der Waals surface area contributed by atoms with Gasteiger partial charge in [0.25, 0.3) is 5.91 Å². The minimum atomic E-state index is -0.150. The highest BCUT2D eigenvalue weighted by Crippen LogP contribution is 2.46. The molecule has 4 aromatic rings. The molecule has 180 valence electrons. The van der Waals surface area contributed by atoms with Gasteiger partial charge in [0, 0.05) is 61.6 Å². The molecule has 3 aromatic heterocycles. The van der Waals surface area contributed by atoms with E-state index in [0.29, 0.717) is 46.0 Å². The third-order valence-corrected chi connectivity index (χ3v) is 7.14. The van der Waals surface area contributed by atoms with Crippen molar-refractivity contribution in [2.24, 2.45) is 11.8 Å². The van der Waals surface area contributed by atoms with Gasteiger partial charge >= 0.3 is 0 Å². The van der Waals surface area contributed by atoms with Crippen LogP contribution in [0.2, 0.25) is 0 Å². The Kier molecular flexibility index (Phi) is 5.23. The second kappa shape index (κ2) is 8.47. The first-order chi connectivity index (χ1) is 17.4. The molecule has 2 aliphatic rings. The summed E-state index contributed by atoms with van der Waals surface area (Å²) in [6.07, 6.45) is 3.40. The van der Waals surface area contributed by atoms with E-state index in [1.807, 2.05) is 37.3 Å². The van der Waals surface area contributed by atoms with Gasteiger partial charge in [0.05, 0.1) is 24.5 Å². The zero-order valence-electron chi connectivity index (χ0n) is 20.3. The predicted molar refractivity (Wildman–Crippen MR) is 135 cm³/mol. The number of carbonyl (C=O) groups excluding carboxylic acids is 1. The summed E-state index contributed by atoms with van der Waals surface area (Å²) >= 11 is 0. The van der Waals surface area contributed by atoms with E-state index >= 15 is 0 Å². The van der Waals surface area contributed by atoms with E-state index < -0.39 is 0 Å². The van der Waals surface area contributed by atoms with Crippen LogP contribution in [-0.4, -0.2) is 54.1 Å². The number of benzene rings is 1. The molecule has 2 fully saturated rings. The van der Waals surface area contributed by atoms with Gasteiger partial charge in [0.2, 0.25) is 0 Å². The molecular weight excluding hydrogens is 454 g/mol. The number of ether oxygens (including phenoxy) is 1. The lowest BCUT2D eigenvalue weighted by molar-refractivity contribution is 0.0822. The Morgan fingerprint density at radius 2 is 1.92 bits per heavy atom. The van der Waals surface area contributed by atoms with Gasteiger partial charge in [0.1, 0.15) is 23.0 Å². The number of hydrogen-bond donors (Lipinski definition) is 1. The number of fused-ring (bicyclic) bond motifs is 2. The van der Waals surface area contributed by atoms with Crippen LogP contribution in [0.1, 0.15) is 21.6 Å². The summed E-state index contributed by atoms with van der Waals surface area (Å²) in [6.45, 7) is 3.51. The zero-order valence-corrected chi connectivity index (χ0v) is 20.3. The highest BCUT2D eigenvalue weighted by atomic mass is 16.5. The predicted octanol–water partition coefficient (Wildman–Crippen LogP) is 4.50. The maximum Gasteiger partial charge on any atom is 0.271 e. The first kappa shape index (κ1) is 22.3. The number of carbonyl (C=O) groups is 1. The number of hydrogen-bond acceptors (Lipinski definition) is 7. The number of furan rings is 1. The smallest absolute Gasteiger partial charge is 0.271 e. The van der Waals surface area contributed by atoms with Gasteiger partial charge in [-0.15, -0.1) is 0 Å². The van der Waals surface area contributed by atoms with Gasteiger partial charge in [-0.05, 0) is 42.3 Å². The Balaban J connectivity index is 1.34. The number of nitrogens with zero attached hydrogens (tertiary/aromatic N) is 4. The van der Waals surface area contributed by atoms with E-state index in [0.717, 1.165) is 41.2 Å². The first-order valence-electron chi connectivity index (χ1n) is 11.9. The topological polar surface area (TPSA) is 104 Å². The fourth-order valence-electron chi connectivity index (χ4n) is 5.02. The van der Waals surface area contributed by atoms with Crippen LogP contribution < -0.4 is 5.32 Å². The molecule has 8 nitrogen and oxygen atoms in total. The Labute approximate surface area is 208 Å². The SMILES string of the molecule is Cc1cc(C(=O)N(C)C)ncc1-c1cc2nccc(-c3ccc(NC4C5COCC54)c(C#N)c3)c2o1. The highest BCUT2D eigenvalue weighted by molar-refractivity contribution is 5.94. The van der Waals surface area contributed by atoms with Crippen LogP contribution in [0.4, 0.5) is 5.69 Å². The van der Waals surface area contributed by atoms with E-state index in [1.165, 1.54) is 4.90 Å². The van der Waals surface area contributed by atoms with Gasteiger partial charge in [0.15, 0.2) is 5.58 Å². The molecule has 0 bridgehead atoms. The maximum atomic E-state index is 12.3. The maximum absolute atomic E-state index is 12.3. The molecule has 36 heavy (non-hydrogen) atoms. The molecule has 2 atom stereocenters. The summed E-state index contributed by atoms with van der Waals surface area (Å²) in [5.41, 5.74) is 6.59. The fourth-order valence-corrected chi connectivity index (χ4v) is 5.02. The van der Waals surface area contributed by atoms with Crippen LogP contribution in [0.15, 0.2) is 53.2 Å². The van der Waals surface area contributed by atoms with Gasteiger partial charge in [-0.25, -0.2) is 0 Å². The third kappa shape index (κ3) is 3.69. The molecular formula is C28H25N5O3. The van der Waals surface area contributed by atoms with Crippen molar-refractivity contribution in [2.75, 3.05) is 32.6 Å². The van der Waals surface area contributed by atoms with Crippen LogP contribution in [0.3, 0.4) is 0 Å². The van der Waals surface area contributed by atoms with E-state index in [2.05, 4.69) is 21.4 Å². The van der Waals surface area contributed by atoms with Gasteiger partial charge in [-0.1, -0.05) is 6.07 Å². The Morgan fingerprint density at radius 3 is 2.64 bits per heavy atom. The van der Waals surface area contributed by atoms with Crippen LogP contribution in [0.5, 0.6) is 0 Å². The Hall–Kier alpha value is -4.22. The van der Waals surface area contributed by atoms with Crippen molar-refractivity contribution < 1.29 is 13.9 Å². The minimum Gasteiger partial charge on any atom is -0.454 e. The van der Waals surface area contributed by atoms with Gasteiger partial charge in [-0.2, -0.15) is 5.26 Å². The molecule has 6 rings (SSSR count). The average Bonchev–Trinajstić information content (AvgIpc) is 3.23. The lowest BCUT2D eigenvalue weighted by Gasteiger charge is -2.12. The molecule has 1 saturated heterocycles. The lowest BCUT2D eigenvalue weighted by atomic mass is 10.0. The number of pyridine rings is 2. The minimum absolute atomic E-state index is 0.150. The van der Waals surface area contributed by atoms with Crippen LogP contribution in [-0.2, 0) is 4.74 Å². The van der Waals surface area contributed by atoms with Crippen molar-refractivity contribution in [3.8, 4) is 28.5 Å². The van der Waals surface area contributed by atoms with Crippen molar-refractivity contribution >= 4 is 22.7 Å². The Morgan fingerprint density at radius 1 is 1.11 bits per heavy atom. The second-order valence-corrected chi connectivity index (χ2v) is 9.68. The molecule has 1 N–H and O–H groups in total. The number of rotatable bonds is 5. The normalized spacial score (nSPS) is 20.1. The summed E-state index contributed by atoms with van der Waals surface area (Å²) in [5, 5.41) is 13.4. The van der Waals surface area contributed by atoms with Crippen molar-refractivity contribution in [2.45, 2.75) is 13.0 Å². The van der Waals surface area contributed by atoms with Crippen molar-refractivity contribution in [1.82, 2.24) is 14.9 Å². The van der Waals surface area contributed by atoms with E-state index in [4.69, 9.17) is 9.15 Å². The lowest BCUT2D eigenvalue weighted by Crippen LogP contribution is -2.22. The van der Waals surface area contributed by atoms with Gasteiger partial charge in [-0.3, -0.25) is 14.8 Å². The summed E-state index contributed by atoms with van der Waals surface area (Å²) in [7, 11) is 3.40. The molecule has 1 aliphatic carbocycles. The molecule has 1 saturated carbocycles. The van der Waals surface area contributed by atoms with E-state index in [9.17, 15) is 10.1 Å². The molecule has 2 unspecified atom stereocenters. The van der Waals surface area contributed by atoms with Crippen LogP contribution >= 0.6 is 0 Å². The van der Waals surface area contributed by atoms with E-state index in [-0.39, 0.29) is 5.91 Å². The summed E-state index contributed by atoms with van der Waals surface area (Å²) in [6, 6.07) is 14.1. The second-order valence-electron chi connectivity index (χ2n) is 9.68. The zero-order chi connectivity index (χ0) is 25.0. The average molecular weight is 480 g/mol. The van der Waals surface area contributed by atoms with Gasteiger partial charge < -0.3 is 19.4 Å². The molecule has 1 aromatic carbocycles. The van der Waals surface area contributed by atoms with Crippen LogP contribution in [0.25, 0.3) is 33.6 Å². The fraction of sp³-hybridized carbons (Fsp3) is 0.286. The van der Waals surface area contributed by atoms with E-state index in [1.54, 1.807) is 32.6 Å².